The van der Waals surface area contributed by atoms with Gasteiger partial charge < -0.3 is 14.4 Å². The molecule has 2 saturated carbocycles. The molecule has 1 N–H and O–H groups in total. The Kier molecular flexibility index (Phi) is 6.82. The third-order valence-corrected chi connectivity index (χ3v) is 8.64. The Labute approximate surface area is 230 Å². The summed E-state index contributed by atoms with van der Waals surface area (Å²) in [5, 5.41) is 9.35. The van der Waals surface area contributed by atoms with Gasteiger partial charge in [-0.15, -0.1) is 0 Å². The third-order valence-electron chi connectivity index (χ3n) is 8.64. The van der Waals surface area contributed by atoms with E-state index in [1.807, 2.05) is 26.0 Å². The van der Waals surface area contributed by atoms with Crippen LogP contribution in [0, 0.1) is 30.5 Å². The zero-order valence-electron chi connectivity index (χ0n) is 23.0. The van der Waals surface area contributed by atoms with E-state index in [0.717, 1.165) is 40.7 Å². The first-order chi connectivity index (χ1) is 19.3. The standard InChI is InChI=1S/C30H34FN5O4/c1-4-34-28-26(29(38)35(30(34)39)12-5-13-37)36(16-19-6-8-20(31)9-7-19)27(33-28)22-10-11-25(32-18(22)3)40-21-14-23-17(2)24(23)15-21/h6-11,17,21,23-24,37H,4-5,12-16H2,1-3H3. The molecule has 6 rings (SSSR count). The van der Waals surface area contributed by atoms with Gasteiger partial charge in [-0.25, -0.2) is 19.2 Å². The average Bonchev–Trinajstić information content (AvgIpc) is 3.24. The van der Waals surface area contributed by atoms with Crippen LogP contribution in [0.5, 0.6) is 5.88 Å². The molecule has 0 amide bonds. The Bertz CT molecular complexity index is 1680. The number of halogens is 1. The highest BCUT2D eigenvalue weighted by Crippen LogP contribution is 2.57. The quantitative estimate of drug-likeness (QED) is 0.342. The lowest BCUT2D eigenvalue weighted by molar-refractivity contribution is 0.180. The molecular weight excluding hydrogens is 513 g/mol. The van der Waals surface area contributed by atoms with Crippen LogP contribution in [0.3, 0.4) is 0 Å². The molecule has 1 aromatic carbocycles. The van der Waals surface area contributed by atoms with Crippen molar-refractivity contribution in [2.75, 3.05) is 6.61 Å². The molecule has 2 unspecified atom stereocenters. The summed E-state index contributed by atoms with van der Waals surface area (Å²) in [6, 6.07) is 9.83. The summed E-state index contributed by atoms with van der Waals surface area (Å²) >= 11 is 0. The van der Waals surface area contributed by atoms with Crippen LogP contribution in [0.1, 0.15) is 44.4 Å². The number of imidazole rings is 1. The van der Waals surface area contributed by atoms with E-state index in [4.69, 9.17) is 14.7 Å². The minimum absolute atomic E-state index is 0.0927. The first kappa shape index (κ1) is 26.4. The highest BCUT2D eigenvalue weighted by molar-refractivity contribution is 5.78. The zero-order valence-corrected chi connectivity index (χ0v) is 23.0. The maximum absolute atomic E-state index is 13.7. The van der Waals surface area contributed by atoms with Crippen LogP contribution in [0.4, 0.5) is 4.39 Å². The normalized spacial score (nSPS) is 21.6. The second-order valence-electron chi connectivity index (χ2n) is 11.1. The van der Waals surface area contributed by atoms with Crippen molar-refractivity contribution in [3.63, 3.8) is 0 Å². The van der Waals surface area contributed by atoms with Gasteiger partial charge in [0.2, 0.25) is 5.88 Å². The molecular formula is C30H34FN5O4. The number of hydrogen-bond acceptors (Lipinski definition) is 6. The van der Waals surface area contributed by atoms with Crippen molar-refractivity contribution in [3.05, 3.63) is 74.3 Å². The van der Waals surface area contributed by atoms with Crippen molar-refractivity contribution in [3.8, 4) is 17.3 Å². The summed E-state index contributed by atoms with van der Waals surface area (Å²) in [6.07, 6.45) is 2.59. The summed E-state index contributed by atoms with van der Waals surface area (Å²) in [5.74, 6) is 3.06. The molecule has 0 radical (unpaired) electrons. The number of aryl methyl sites for hydroxylation is 2. The van der Waals surface area contributed by atoms with Crippen LogP contribution >= 0.6 is 0 Å². The first-order valence-corrected chi connectivity index (χ1v) is 14.0. The predicted octanol–water partition coefficient (Wildman–Crippen LogP) is 3.74. The van der Waals surface area contributed by atoms with E-state index in [0.29, 0.717) is 29.5 Å². The molecule has 2 fully saturated rings. The van der Waals surface area contributed by atoms with E-state index in [1.165, 1.54) is 16.7 Å². The van der Waals surface area contributed by atoms with Gasteiger partial charge in [-0.05, 0) is 74.6 Å². The van der Waals surface area contributed by atoms with Crippen LogP contribution in [-0.4, -0.2) is 41.5 Å². The first-order valence-electron chi connectivity index (χ1n) is 14.0. The summed E-state index contributed by atoms with van der Waals surface area (Å²) in [5.41, 5.74) is 1.80. The maximum Gasteiger partial charge on any atom is 0.332 e. The van der Waals surface area contributed by atoms with Crippen molar-refractivity contribution in [2.45, 2.75) is 65.8 Å². The number of hydrogen-bond donors (Lipinski definition) is 1. The van der Waals surface area contributed by atoms with Gasteiger partial charge in [0.1, 0.15) is 17.7 Å². The zero-order chi connectivity index (χ0) is 28.1. The number of aliphatic hydroxyl groups is 1. The number of benzene rings is 1. The van der Waals surface area contributed by atoms with Gasteiger partial charge in [0.15, 0.2) is 11.2 Å². The SMILES string of the molecule is CCn1c(=O)n(CCCO)c(=O)c2c1nc(-c1ccc(OC3CC4C(C)C4C3)nc1C)n2Cc1ccc(F)cc1. The third kappa shape index (κ3) is 4.54. The lowest BCUT2D eigenvalue weighted by Crippen LogP contribution is -2.40. The Morgan fingerprint density at radius 2 is 1.75 bits per heavy atom. The molecule has 0 spiro atoms. The molecule has 0 saturated heterocycles. The van der Waals surface area contributed by atoms with Gasteiger partial charge >= 0.3 is 5.69 Å². The molecule has 9 nitrogen and oxygen atoms in total. The van der Waals surface area contributed by atoms with Gasteiger partial charge in [0, 0.05) is 37.9 Å². The minimum Gasteiger partial charge on any atom is -0.474 e. The van der Waals surface area contributed by atoms with Crippen molar-refractivity contribution in [1.82, 2.24) is 23.7 Å². The van der Waals surface area contributed by atoms with Crippen molar-refractivity contribution in [1.29, 1.82) is 0 Å². The van der Waals surface area contributed by atoms with Gasteiger partial charge in [-0.3, -0.25) is 13.9 Å². The fourth-order valence-electron chi connectivity index (χ4n) is 6.36. The van der Waals surface area contributed by atoms with E-state index >= 15 is 0 Å². The number of rotatable bonds is 9. The van der Waals surface area contributed by atoms with E-state index in [9.17, 15) is 19.1 Å². The molecule has 40 heavy (non-hydrogen) atoms. The number of aromatic nitrogens is 5. The van der Waals surface area contributed by atoms with Crippen molar-refractivity contribution < 1.29 is 14.2 Å². The Balaban J connectivity index is 1.46. The van der Waals surface area contributed by atoms with Gasteiger partial charge in [0.25, 0.3) is 5.56 Å². The molecule has 210 valence electrons. The molecule has 3 heterocycles. The van der Waals surface area contributed by atoms with E-state index in [2.05, 4.69) is 6.92 Å². The molecule has 0 aliphatic heterocycles. The molecule has 2 atom stereocenters. The van der Waals surface area contributed by atoms with Crippen molar-refractivity contribution in [2.24, 2.45) is 17.8 Å². The Hall–Kier alpha value is -3.79. The summed E-state index contributed by atoms with van der Waals surface area (Å²) < 4.78 is 24.3. The van der Waals surface area contributed by atoms with Crippen LogP contribution < -0.4 is 16.0 Å². The highest BCUT2D eigenvalue weighted by Gasteiger charge is 2.54. The fourth-order valence-corrected chi connectivity index (χ4v) is 6.36. The molecule has 2 aliphatic carbocycles. The van der Waals surface area contributed by atoms with Gasteiger partial charge in [-0.2, -0.15) is 0 Å². The second-order valence-corrected chi connectivity index (χ2v) is 11.1. The lowest BCUT2D eigenvalue weighted by atomic mass is 10.1. The summed E-state index contributed by atoms with van der Waals surface area (Å²) in [6.45, 7) is 6.52. The molecule has 4 aromatic rings. The topological polar surface area (TPSA) is 104 Å². The predicted molar refractivity (Wildman–Crippen MR) is 149 cm³/mol. The Morgan fingerprint density at radius 1 is 1.02 bits per heavy atom. The molecule has 2 aliphatic rings. The van der Waals surface area contributed by atoms with E-state index in [1.54, 1.807) is 16.7 Å². The largest absolute Gasteiger partial charge is 0.474 e. The summed E-state index contributed by atoms with van der Waals surface area (Å²) in [4.78, 5) is 36.5. The van der Waals surface area contributed by atoms with Gasteiger partial charge in [-0.1, -0.05) is 19.1 Å². The van der Waals surface area contributed by atoms with Gasteiger partial charge in [0.05, 0.1) is 5.69 Å². The molecule has 3 aromatic heterocycles. The second kappa shape index (κ2) is 10.3. The van der Waals surface area contributed by atoms with Crippen LogP contribution in [0.2, 0.25) is 0 Å². The number of fused-ring (bicyclic) bond motifs is 2. The number of ether oxygens (including phenoxy) is 1. The van der Waals surface area contributed by atoms with Crippen LogP contribution in [0.25, 0.3) is 22.6 Å². The fraction of sp³-hybridized carbons (Fsp3) is 0.467. The highest BCUT2D eigenvalue weighted by atomic mass is 19.1. The average molecular weight is 548 g/mol. The number of nitrogens with zero attached hydrogens (tertiary/aromatic N) is 5. The summed E-state index contributed by atoms with van der Waals surface area (Å²) in [7, 11) is 0. The minimum atomic E-state index is -0.474. The maximum atomic E-state index is 13.7. The van der Waals surface area contributed by atoms with E-state index in [-0.39, 0.29) is 49.2 Å². The van der Waals surface area contributed by atoms with Crippen LogP contribution in [-0.2, 0) is 19.6 Å². The van der Waals surface area contributed by atoms with Crippen molar-refractivity contribution >= 4 is 11.2 Å². The molecule has 10 heteroatoms. The number of aliphatic hydroxyl groups excluding tert-OH is 1. The monoisotopic (exact) mass is 547 g/mol. The Morgan fingerprint density at radius 3 is 2.40 bits per heavy atom. The van der Waals surface area contributed by atoms with Crippen LogP contribution in [0.15, 0.2) is 46.0 Å². The molecule has 0 bridgehead atoms. The number of pyridine rings is 1. The lowest BCUT2D eigenvalue weighted by Gasteiger charge is -2.17. The smallest absolute Gasteiger partial charge is 0.332 e. The van der Waals surface area contributed by atoms with E-state index < -0.39 is 11.2 Å².